The van der Waals surface area contributed by atoms with Crippen LogP contribution in [0.5, 0.6) is 0 Å². The van der Waals surface area contributed by atoms with Gasteiger partial charge in [-0.05, 0) is 68.9 Å². The number of aromatic nitrogens is 3. The topological polar surface area (TPSA) is 121 Å². The van der Waals surface area contributed by atoms with E-state index >= 15 is 0 Å². The first-order valence-electron chi connectivity index (χ1n) is 10.3. The summed E-state index contributed by atoms with van der Waals surface area (Å²) in [5, 5.41) is 15.6. The van der Waals surface area contributed by atoms with Gasteiger partial charge in [-0.2, -0.15) is 10.4 Å². The first-order chi connectivity index (χ1) is 14.8. The van der Waals surface area contributed by atoms with Gasteiger partial charge in [0.15, 0.2) is 15.7 Å². The van der Waals surface area contributed by atoms with Gasteiger partial charge in [0.2, 0.25) is 0 Å². The second-order valence-electron chi connectivity index (χ2n) is 8.37. The van der Waals surface area contributed by atoms with Crippen molar-refractivity contribution in [3.05, 3.63) is 46.9 Å². The Balaban J connectivity index is 0.000000730. The minimum Gasteiger partial charge on any atom is -0.338 e. The number of nitriles is 1. The molecule has 2 saturated carbocycles. The average molecular weight is 440 g/mol. The van der Waals surface area contributed by atoms with E-state index in [-0.39, 0.29) is 5.56 Å². The summed E-state index contributed by atoms with van der Waals surface area (Å²) < 4.78 is 26.5. The third-order valence-electron chi connectivity index (χ3n) is 5.83. The molecule has 2 aliphatic carbocycles. The minimum absolute atomic E-state index is 0.192. The zero-order chi connectivity index (χ0) is 22.2. The van der Waals surface area contributed by atoms with Gasteiger partial charge in [0, 0.05) is 25.4 Å². The van der Waals surface area contributed by atoms with Crippen LogP contribution < -0.4 is 10.9 Å². The summed E-state index contributed by atoms with van der Waals surface area (Å²) in [5.41, 5.74) is 1.31. The molecule has 0 atom stereocenters. The maximum absolute atomic E-state index is 12.6. The predicted octanol–water partition coefficient (Wildman–Crippen LogP) is 3.73. The number of sulfone groups is 1. The highest BCUT2D eigenvalue weighted by molar-refractivity contribution is 7.93. The number of hydrogen-bond acceptors (Lipinski definition) is 6. The zero-order valence-corrected chi connectivity index (χ0v) is 18.4. The number of benzene rings is 1. The minimum atomic E-state index is -3.30. The Morgan fingerprint density at radius 2 is 1.90 bits per heavy atom. The van der Waals surface area contributed by atoms with Crippen molar-refractivity contribution >= 4 is 32.2 Å². The number of anilines is 2. The second kappa shape index (κ2) is 7.85. The van der Waals surface area contributed by atoms with Crippen LogP contribution in [0.1, 0.15) is 39.5 Å². The Morgan fingerprint density at radius 3 is 2.48 bits per heavy atom. The molecule has 31 heavy (non-hydrogen) atoms. The number of aromatic amines is 1. The van der Waals surface area contributed by atoms with Crippen molar-refractivity contribution in [2.24, 2.45) is 5.92 Å². The fraction of sp³-hybridized carbons (Fsp3) is 0.409. The van der Waals surface area contributed by atoms with Crippen LogP contribution in [0.3, 0.4) is 0 Å². The lowest BCUT2D eigenvalue weighted by Crippen LogP contribution is -2.19. The summed E-state index contributed by atoms with van der Waals surface area (Å²) in [5.74, 6) is 1.12. The maximum Gasteiger partial charge on any atom is 0.261 e. The van der Waals surface area contributed by atoms with Gasteiger partial charge >= 0.3 is 0 Å². The van der Waals surface area contributed by atoms with Gasteiger partial charge in [-0.1, -0.05) is 0 Å². The highest BCUT2D eigenvalue weighted by Crippen LogP contribution is 2.46. The molecule has 3 aromatic rings. The number of nitrogens with zero attached hydrogens (tertiary/aromatic N) is 3. The zero-order valence-electron chi connectivity index (χ0n) is 17.6. The van der Waals surface area contributed by atoms with Gasteiger partial charge < -0.3 is 10.3 Å². The van der Waals surface area contributed by atoms with Gasteiger partial charge in [0.1, 0.15) is 5.39 Å². The van der Waals surface area contributed by atoms with E-state index in [0.717, 1.165) is 12.1 Å². The summed E-state index contributed by atoms with van der Waals surface area (Å²) in [6.07, 6.45) is 5.45. The van der Waals surface area contributed by atoms with Crippen LogP contribution in [0.2, 0.25) is 0 Å². The number of hydrogen-bond donors (Lipinski definition) is 2. The molecule has 0 amide bonds. The van der Waals surface area contributed by atoms with Gasteiger partial charge in [0.05, 0.1) is 21.2 Å². The summed E-state index contributed by atoms with van der Waals surface area (Å²) >= 11 is 0. The quantitative estimate of drug-likeness (QED) is 0.604. The standard InChI is InChI=1S/C20H22N4O3S.C2H3N/c1-20(9-10-20)28(26,27)15-6-4-14(5-7-15)22-18-17-16(8-11-21-19(17)25)24(23-18)12-13-2-3-13;1-2-3/h4-8,11,13H,2-3,9-10,12H2,1H3,(H,21,25)(H,22,23);1H3. The Morgan fingerprint density at radius 1 is 1.26 bits per heavy atom. The first-order valence-corrected chi connectivity index (χ1v) is 11.8. The molecule has 5 rings (SSSR count). The molecule has 9 heteroatoms. The average Bonchev–Trinajstić information content (AvgIpc) is 3.65. The van der Waals surface area contributed by atoms with Crippen molar-refractivity contribution in [1.29, 1.82) is 5.26 Å². The van der Waals surface area contributed by atoms with Crippen molar-refractivity contribution in [1.82, 2.24) is 14.8 Å². The van der Waals surface area contributed by atoms with Crippen molar-refractivity contribution < 1.29 is 8.42 Å². The Kier molecular flexibility index (Phi) is 5.35. The Bertz CT molecular complexity index is 1310. The molecule has 0 bridgehead atoms. The summed E-state index contributed by atoms with van der Waals surface area (Å²) in [6.45, 7) is 4.02. The van der Waals surface area contributed by atoms with Gasteiger partial charge in [-0.3, -0.25) is 9.48 Å². The van der Waals surface area contributed by atoms with Crippen LogP contribution in [0.15, 0.2) is 46.2 Å². The third kappa shape index (κ3) is 4.08. The molecule has 2 N–H and O–H groups in total. The molecule has 8 nitrogen and oxygen atoms in total. The first kappa shape index (κ1) is 21.1. The van der Waals surface area contributed by atoms with E-state index < -0.39 is 14.6 Å². The van der Waals surface area contributed by atoms with Crippen LogP contribution >= 0.6 is 0 Å². The molecule has 2 heterocycles. The SMILES string of the molecule is CC#N.CC1(S(=O)(=O)c2ccc(Nc3nn(CC4CC4)c4cc[nH]c(=O)c34)cc2)CC1. The monoisotopic (exact) mass is 439 g/mol. The molecule has 162 valence electrons. The number of fused-ring (bicyclic) bond motifs is 1. The van der Waals surface area contributed by atoms with Crippen molar-refractivity contribution in [3.63, 3.8) is 0 Å². The molecular formula is C22H25N5O3S. The van der Waals surface area contributed by atoms with E-state index in [1.165, 1.54) is 19.8 Å². The maximum atomic E-state index is 12.6. The molecule has 0 saturated heterocycles. The van der Waals surface area contributed by atoms with Crippen LogP contribution in [0.25, 0.3) is 10.9 Å². The molecule has 0 radical (unpaired) electrons. The normalized spacial score (nSPS) is 16.8. The Labute approximate surface area is 180 Å². The van der Waals surface area contributed by atoms with E-state index in [0.29, 0.717) is 40.5 Å². The van der Waals surface area contributed by atoms with Crippen LogP contribution in [-0.4, -0.2) is 27.9 Å². The van der Waals surface area contributed by atoms with Gasteiger partial charge in [0.25, 0.3) is 5.56 Å². The van der Waals surface area contributed by atoms with Crippen LogP contribution in [-0.2, 0) is 16.4 Å². The molecular weight excluding hydrogens is 414 g/mol. The van der Waals surface area contributed by atoms with Crippen molar-refractivity contribution in [2.45, 2.75) is 55.7 Å². The molecule has 2 fully saturated rings. The van der Waals surface area contributed by atoms with Crippen molar-refractivity contribution in [3.8, 4) is 6.07 Å². The molecule has 0 spiro atoms. The molecule has 2 aromatic heterocycles. The second-order valence-corrected chi connectivity index (χ2v) is 10.8. The fourth-order valence-electron chi connectivity index (χ4n) is 3.49. The lowest BCUT2D eigenvalue weighted by Gasteiger charge is -2.11. The highest BCUT2D eigenvalue weighted by Gasteiger charge is 2.50. The van der Waals surface area contributed by atoms with E-state index in [9.17, 15) is 13.2 Å². The van der Waals surface area contributed by atoms with Gasteiger partial charge in [-0.25, -0.2) is 8.42 Å². The highest BCUT2D eigenvalue weighted by atomic mass is 32.2. The lowest BCUT2D eigenvalue weighted by atomic mass is 10.3. The number of rotatable bonds is 6. The number of nitrogens with one attached hydrogen (secondary N) is 2. The number of pyridine rings is 1. The molecule has 0 aliphatic heterocycles. The van der Waals surface area contributed by atoms with Crippen LogP contribution in [0.4, 0.5) is 11.5 Å². The van der Waals surface area contributed by atoms with E-state index in [2.05, 4.69) is 15.4 Å². The lowest BCUT2D eigenvalue weighted by molar-refractivity contribution is 0.582. The summed E-state index contributed by atoms with van der Waals surface area (Å²) in [6, 6.07) is 10.3. The van der Waals surface area contributed by atoms with Gasteiger partial charge in [-0.15, -0.1) is 0 Å². The van der Waals surface area contributed by atoms with E-state index in [4.69, 9.17) is 5.26 Å². The van der Waals surface area contributed by atoms with Crippen molar-refractivity contribution in [2.75, 3.05) is 5.32 Å². The predicted molar refractivity (Wildman–Crippen MR) is 119 cm³/mol. The van der Waals surface area contributed by atoms with E-state index in [1.54, 1.807) is 43.5 Å². The summed E-state index contributed by atoms with van der Waals surface area (Å²) in [7, 11) is -3.30. The third-order valence-corrected chi connectivity index (χ3v) is 8.43. The molecule has 2 aliphatic rings. The largest absolute Gasteiger partial charge is 0.338 e. The fourth-order valence-corrected chi connectivity index (χ4v) is 5.19. The number of H-pyrrole nitrogens is 1. The molecule has 1 aromatic carbocycles. The summed E-state index contributed by atoms with van der Waals surface area (Å²) in [4.78, 5) is 15.4. The smallest absolute Gasteiger partial charge is 0.261 e. The molecule has 0 unspecified atom stereocenters. The Hall–Kier alpha value is -3.12. The van der Waals surface area contributed by atoms with E-state index in [1.807, 2.05) is 10.7 Å². The van der Waals surface area contributed by atoms with Crippen LogP contribution in [0, 0.1) is 17.2 Å².